The monoisotopic (exact) mass is 307 g/mol. The highest BCUT2D eigenvalue weighted by atomic mass is 16.5. The van der Waals surface area contributed by atoms with Crippen LogP contribution in [0.4, 0.5) is 0 Å². The Bertz CT molecular complexity index is 396. The molecule has 0 amide bonds. The zero-order valence-corrected chi connectivity index (χ0v) is 13.6. The summed E-state index contributed by atoms with van der Waals surface area (Å²) in [6.45, 7) is 6.27. The van der Waals surface area contributed by atoms with Gasteiger partial charge in [-0.05, 0) is 18.4 Å². The summed E-state index contributed by atoms with van der Waals surface area (Å²) in [7, 11) is 0. The van der Waals surface area contributed by atoms with Crippen LogP contribution >= 0.6 is 0 Å². The van der Waals surface area contributed by atoms with Crippen LogP contribution in [0.15, 0.2) is 35.3 Å². The van der Waals surface area contributed by atoms with Crippen LogP contribution in [0.5, 0.6) is 0 Å². The molecule has 0 spiro atoms. The summed E-state index contributed by atoms with van der Waals surface area (Å²) in [5.41, 5.74) is 6.91. The van der Waals surface area contributed by atoms with Crippen LogP contribution in [-0.2, 0) is 16.1 Å². The van der Waals surface area contributed by atoms with Gasteiger partial charge in [0.25, 0.3) is 0 Å². The van der Waals surface area contributed by atoms with Gasteiger partial charge in [-0.3, -0.25) is 4.99 Å². The van der Waals surface area contributed by atoms with Crippen molar-refractivity contribution < 1.29 is 9.47 Å². The zero-order chi connectivity index (χ0) is 15.9. The summed E-state index contributed by atoms with van der Waals surface area (Å²) < 4.78 is 11.0. The molecule has 0 saturated heterocycles. The summed E-state index contributed by atoms with van der Waals surface area (Å²) in [4.78, 5) is 4.24. The van der Waals surface area contributed by atoms with E-state index in [9.17, 15) is 0 Å². The van der Waals surface area contributed by atoms with Gasteiger partial charge < -0.3 is 20.5 Å². The maximum Gasteiger partial charge on any atom is 0.188 e. The number of nitrogens with one attached hydrogen (secondary N) is 1. The highest BCUT2D eigenvalue weighted by molar-refractivity contribution is 5.77. The van der Waals surface area contributed by atoms with Crippen molar-refractivity contribution in [3.8, 4) is 0 Å². The van der Waals surface area contributed by atoms with Gasteiger partial charge in [0.05, 0.1) is 19.8 Å². The van der Waals surface area contributed by atoms with E-state index in [2.05, 4.69) is 29.4 Å². The fraction of sp³-hybridized carbons (Fsp3) is 0.588. The SMILES string of the molecule is CCCCNC(N)=NCCCOCCOCc1ccccc1. The molecule has 0 aliphatic heterocycles. The molecule has 124 valence electrons. The van der Waals surface area contributed by atoms with Crippen molar-refractivity contribution in [1.29, 1.82) is 0 Å². The smallest absolute Gasteiger partial charge is 0.188 e. The van der Waals surface area contributed by atoms with E-state index in [1.807, 2.05) is 18.2 Å². The molecule has 22 heavy (non-hydrogen) atoms. The van der Waals surface area contributed by atoms with Crippen molar-refractivity contribution >= 4 is 5.96 Å². The van der Waals surface area contributed by atoms with E-state index in [0.717, 1.165) is 25.8 Å². The lowest BCUT2D eigenvalue weighted by Gasteiger charge is -2.06. The second kappa shape index (κ2) is 13.1. The molecule has 0 aliphatic rings. The van der Waals surface area contributed by atoms with Gasteiger partial charge in [0.1, 0.15) is 0 Å². The van der Waals surface area contributed by atoms with E-state index in [1.165, 1.54) is 5.56 Å². The molecule has 1 aromatic rings. The zero-order valence-electron chi connectivity index (χ0n) is 13.6. The van der Waals surface area contributed by atoms with Crippen LogP contribution in [0, 0.1) is 0 Å². The van der Waals surface area contributed by atoms with Crippen molar-refractivity contribution in [2.24, 2.45) is 10.7 Å². The Morgan fingerprint density at radius 1 is 1.09 bits per heavy atom. The van der Waals surface area contributed by atoms with E-state index in [0.29, 0.717) is 38.9 Å². The Kier molecular flexibility index (Phi) is 11.0. The highest BCUT2D eigenvalue weighted by Crippen LogP contribution is 2.00. The molecule has 0 unspecified atom stereocenters. The standard InChI is InChI=1S/C17H29N3O2/c1-2-3-10-19-17(18)20-11-7-12-21-13-14-22-15-16-8-5-4-6-9-16/h4-6,8-9H,2-3,7,10-15H2,1H3,(H3,18,19,20). The average Bonchev–Trinajstić information content (AvgIpc) is 2.54. The number of rotatable bonds is 12. The van der Waals surface area contributed by atoms with Crippen molar-refractivity contribution in [3.63, 3.8) is 0 Å². The number of nitrogens with zero attached hydrogens (tertiary/aromatic N) is 1. The topological polar surface area (TPSA) is 68.9 Å². The lowest BCUT2D eigenvalue weighted by atomic mass is 10.2. The van der Waals surface area contributed by atoms with Crippen LogP contribution in [0.25, 0.3) is 0 Å². The second-order valence-electron chi connectivity index (χ2n) is 5.05. The van der Waals surface area contributed by atoms with Crippen molar-refractivity contribution in [2.75, 3.05) is 32.9 Å². The number of benzene rings is 1. The molecular weight excluding hydrogens is 278 g/mol. The average molecular weight is 307 g/mol. The highest BCUT2D eigenvalue weighted by Gasteiger charge is 1.94. The third-order valence-corrected chi connectivity index (χ3v) is 3.05. The quantitative estimate of drug-likeness (QED) is 0.353. The lowest BCUT2D eigenvalue weighted by Crippen LogP contribution is -2.32. The molecule has 5 nitrogen and oxygen atoms in total. The summed E-state index contributed by atoms with van der Waals surface area (Å²) in [5, 5.41) is 3.08. The predicted octanol–water partition coefficient (Wildman–Crippen LogP) is 2.31. The minimum atomic E-state index is 0.527. The van der Waals surface area contributed by atoms with E-state index in [-0.39, 0.29) is 0 Å². The van der Waals surface area contributed by atoms with Crippen molar-refractivity contribution in [2.45, 2.75) is 32.8 Å². The summed E-state index contributed by atoms with van der Waals surface area (Å²) >= 11 is 0. The fourth-order valence-corrected chi connectivity index (χ4v) is 1.80. The van der Waals surface area contributed by atoms with Crippen molar-refractivity contribution in [3.05, 3.63) is 35.9 Å². The van der Waals surface area contributed by atoms with E-state index in [4.69, 9.17) is 15.2 Å². The second-order valence-corrected chi connectivity index (χ2v) is 5.05. The molecule has 1 aromatic carbocycles. The largest absolute Gasteiger partial charge is 0.379 e. The van der Waals surface area contributed by atoms with Crippen LogP contribution in [0.1, 0.15) is 31.7 Å². The first-order valence-electron chi connectivity index (χ1n) is 8.06. The molecule has 0 radical (unpaired) electrons. The van der Waals surface area contributed by atoms with Gasteiger partial charge in [0, 0.05) is 19.7 Å². The molecule has 0 bridgehead atoms. The van der Waals surface area contributed by atoms with E-state index < -0.39 is 0 Å². The first-order valence-corrected chi connectivity index (χ1v) is 8.06. The lowest BCUT2D eigenvalue weighted by molar-refractivity contribution is 0.0403. The molecule has 0 aromatic heterocycles. The Morgan fingerprint density at radius 2 is 1.86 bits per heavy atom. The molecular formula is C17H29N3O2. The molecule has 1 rings (SSSR count). The van der Waals surface area contributed by atoms with E-state index in [1.54, 1.807) is 0 Å². The fourth-order valence-electron chi connectivity index (χ4n) is 1.80. The first kappa shape index (κ1) is 18.5. The first-order chi connectivity index (χ1) is 10.8. The molecule has 0 fully saturated rings. The minimum absolute atomic E-state index is 0.527. The third kappa shape index (κ3) is 10.2. The number of hydrogen-bond donors (Lipinski definition) is 2. The van der Waals surface area contributed by atoms with E-state index >= 15 is 0 Å². The predicted molar refractivity (Wildman–Crippen MR) is 90.9 cm³/mol. The van der Waals surface area contributed by atoms with Gasteiger partial charge in [-0.2, -0.15) is 0 Å². The number of aliphatic imine (C=N–C) groups is 1. The van der Waals surface area contributed by atoms with Crippen molar-refractivity contribution in [1.82, 2.24) is 5.32 Å². The maximum absolute atomic E-state index is 5.73. The van der Waals surface area contributed by atoms with Gasteiger partial charge in [-0.25, -0.2) is 0 Å². The van der Waals surface area contributed by atoms with Crippen LogP contribution < -0.4 is 11.1 Å². The van der Waals surface area contributed by atoms with Crippen LogP contribution in [0.2, 0.25) is 0 Å². The normalized spacial score (nSPS) is 11.6. The number of guanidine groups is 1. The van der Waals surface area contributed by atoms with Gasteiger partial charge in [-0.15, -0.1) is 0 Å². The Morgan fingerprint density at radius 3 is 2.64 bits per heavy atom. The van der Waals surface area contributed by atoms with Gasteiger partial charge in [0.2, 0.25) is 0 Å². The third-order valence-electron chi connectivity index (χ3n) is 3.05. The Labute approximate surface area is 133 Å². The Hall–Kier alpha value is -1.59. The molecule has 3 N–H and O–H groups in total. The number of ether oxygens (including phenoxy) is 2. The Balaban J connectivity index is 1.88. The van der Waals surface area contributed by atoms with Gasteiger partial charge in [-0.1, -0.05) is 43.7 Å². The minimum Gasteiger partial charge on any atom is -0.379 e. The molecule has 0 saturated carbocycles. The molecule has 0 aliphatic carbocycles. The number of nitrogens with two attached hydrogens (primary N) is 1. The number of unbranched alkanes of at least 4 members (excludes halogenated alkanes) is 1. The molecule has 0 heterocycles. The summed E-state index contributed by atoms with van der Waals surface area (Å²) in [5.74, 6) is 0.527. The van der Waals surface area contributed by atoms with Crippen LogP contribution in [0.3, 0.4) is 0 Å². The molecule has 0 atom stereocenters. The maximum atomic E-state index is 5.73. The summed E-state index contributed by atoms with van der Waals surface area (Å²) in [6, 6.07) is 10.1. The molecule has 5 heteroatoms. The van der Waals surface area contributed by atoms with Gasteiger partial charge >= 0.3 is 0 Å². The van der Waals surface area contributed by atoms with Gasteiger partial charge in [0.15, 0.2) is 5.96 Å². The van der Waals surface area contributed by atoms with Crippen LogP contribution in [-0.4, -0.2) is 38.9 Å². The number of hydrogen-bond acceptors (Lipinski definition) is 3. The summed E-state index contributed by atoms with van der Waals surface area (Å²) in [6.07, 6.45) is 3.14.